The van der Waals surface area contributed by atoms with Crippen molar-refractivity contribution in [1.29, 1.82) is 0 Å². The maximum absolute atomic E-state index is 12.2. The molecule has 9 nitrogen and oxygen atoms in total. The summed E-state index contributed by atoms with van der Waals surface area (Å²) in [5.41, 5.74) is -1.73. The lowest BCUT2D eigenvalue weighted by atomic mass is 10.2. The van der Waals surface area contributed by atoms with Gasteiger partial charge in [0.1, 0.15) is 17.1 Å². The molecular formula is C13H11F3N2O7. The van der Waals surface area contributed by atoms with E-state index < -0.39 is 40.4 Å². The first-order valence-corrected chi connectivity index (χ1v) is 6.26. The van der Waals surface area contributed by atoms with Crippen LogP contribution in [-0.2, 0) is 19.1 Å². The Kier molecular flexibility index (Phi) is 6.31. The van der Waals surface area contributed by atoms with Crippen LogP contribution in [0, 0.1) is 10.1 Å². The molecule has 136 valence electrons. The number of alkyl halides is 3. The SMILES string of the molecule is COC(=O)/C=C(/Nc1ccc(OC(F)(F)F)cc1[N+](=O)[O-])C(=O)OC. The van der Waals surface area contributed by atoms with Gasteiger partial charge in [0.05, 0.1) is 31.3 Å². The van der Waals surface area contributed by atoms with E-state index in [9.17, 15) is 32.9 Å². The monoisotopic (exact) mass is 364 g/mol. The summed E-state index contributed by atoms with van der Waals surface area (Å²) in [6.45, 7) is 0. The number of carbonyl (C=O) groups is 2. The molecule has 12 heteroatoms. The summed E-state index contributed by atoms with van der Waals surface area (Å²) >= 11 is 0. The third-order valence-corrected chi connectivity index (χ3v) is 2.54. The number of anilines is 1. The highest BCUT2D eigenvalue weighted by atomic mass is 19.4. The fourth-order valence-electron chi connectivity index (χ4n) is 1.54. The summed E-state index contributed by atoms with van der Waals surface area (Å²) in [5.74, 6) is -2.86. The van der Waals surface area contributed by atoms with Gasteiger partial charge in [-0.1, -0.05) is 0 Å². The first-order valence-electron chi connectivity index (χ1n) is 6.26. The Labute approximate surface area is 138 Å². The summed E-state index contributed by atoms with van der Waals surface area (Å²) in [4.78, 5) is 32.9. The average molecular weight is 364 g/mol. The van der Waals surface area contributed by atoms with Crippen LogP contribution in [0.4, 0.5) is 24.5 Å². The van der Waals surface area contributed by atoms with Gasteiger partial charge in [-0.05, 0) is 12.1 Å². The number of rotatable bonds is 6. The number of nitro benzene ring substituents is 1. The number of benzene rings is 1. The van der Waals surface area contributed by atoms with Crippen molar-refractivity contribution in [3.05, 3.63) is 40.1 Å². The quantitative estimate of drug-likeness (QED) is 0.353. The highest BCUT2D eigenvalue weighted by Crippen LogP contribution is 2.32. The molecule has 0 aliphatic heterocycles. The molecule has 0 radical (unpaired) electrons. The maximum Gasteiger partial charge on any atom is 0.573 e. The third-order valence-electron chi connectivity index (χ3n) is 2.54. The van der Waals surface area contributed by atoms with Crippen LogP contribution in [-0.4, -0.2) is 37.4 Å². The lowest BCUT2D eigenvalue weighted by molar-refractivity contribution is -0.384. The molecule has 0 spiro atoms. The third kappa shape index (κ3) is 6.01. The first kappa shape index (κ1) is 19.7. The van der Waals surface area contributed by atoms with E-state index >= 15 is 0 Å². The molecule has 1 rings (SSSR count). The minimum absolute atomic E-state index is 0.375. The number of esters is 2. The molecule has 0 aromatic heterocycles. The van der Waals surface area contributed by atoms with E-state index in [1.54, 1.807) is 0 Å². The number of hydrogen-bond donors (Lipinski definition) is 1. The van der Waals surface area contributed by atoms with E-state index in [0.717, 1.165) is 26.4 Å². The molecular weight excluding hydrogens is 353 g/mol. The molecule has 0 atom stereocenters. The number of nitrogens with zero attached hydrogens (tertiary/aromatic N) is 1. The summed E-state index contributed by atoms with van der Waals surface area (Å²) < 4.78 is 48.9. The van der Waals surface area contributed by atoms with Crippen molar-refractivity contribution in [1.82, 2.24) is 0 Å². The number of halogens is 3. The Morgan fingerprint density at radius 2 is 1.88 bits per heavy atom. The highest BCUT2D eigenvalue weighted by Gasteiger charge is 2.32. The lowest BCUT2D eigenvalue weighted by Gasteiger charge is -2.12. The zero-order valence-corrected chi connectivity index (χ0v) is 12.7. The minimum atomic E-state index is -5.04. The molecule has 0 amide bonds. The predicted octanol–water partition coefficient (Wildman–Crippen LogP) is 2.14. The van der Waals surface area contributed by atoms with Gasteiger partial charge in [0.15, 0.2) is 0 Å². The molecule has 0 heterocycles. The van der Waals surface area contributed by atoms with Crippen molar-refractivity contribution in [3.63, 3.8) is 0 Å². The van der Waals surface area contributed by atoms with Crippen molar-refractivity contribution in [2.75, 3.05) is 19.5 Å². The number of ether oxygens (including phenoxy) is 3. The van der Waals surface area contributed by atoms with Gasteiger partial charge >= 0.3 is 18.3 Å². The number of carbonyl (C=O) groups excluding carboxylic acids is 2. The minimum Gasteiger partial charge on any atom is -0.466 e. The van der Waals surface area contributed by atoms with Crippen LogP contribution in [0.15, 0.2) is 30.0 Å². The summed E-state index contributed by atoms with van der Waals surface area (Å²) in [7, 11) is 2.02. The average Bonchev–Trinajstić information content (AvgIpc) is 2.52. The van der Waals surface area contributed by atoms with Gasteiger partial charge in [0.2, 0.25) is 0 Å². The number of methoxy groups -OCH3 is 2. The van der Waals surface area contributed by atoms with Crippen LogP contribution in [0.5, 0.6) is 5.75 Å². The van der Waals surface area contributed by atoms with E-state index in [2.05, 4.69) is 19.5 Å². The van der Waals surface area contributed by atoms with E-state index in [-0.39, 0.29) is 5.69 Å². The van der Waals surface area contributed by atoms with Gasteiger partial charge in [-0.3, -0.25) is 10.1 Å². The second kappa shape index (κ2) is 7.99. The van der Waals surface area contributed by atoms with Crippen LogP contribution in [0.1, 0.15) is 0 Å². The molecule has 1 aromatic rings. The molecule has 0 aliphatic carbocycles. The normalized spacial score (nSPS) is 11.5. The molecule has 0 bridgehead atoms. The fraction of sp³-hybridized carbons (Fsp3) is 0.231. The Bertz CT molecular complexity index is 716. The zero-order chi connectivity index (χ0) is 19.2. The molecule has 25 heavy (non-hydrogen) atoms. The van der Waals surface area contributed by atoms with Crippen molar-refractivity contribution in [2.24, 2.45) is 0 Å². The summed E-state index contributed by atoms with van der Waals surface area (Å²) in [5, 5.41) is 13.3. The first-order chi connectivity index (χ1) is 11.6. The number of nitrogens with one attached hydrogen (secondary N) is 1. The van der Waals surface area contributed by atoms with Crippen molar-refractivity contribution in [2.45, 2.75) is 6.36 Å². The predicted molar refractivity (Wildman–Crippen MR) is 75.5 cm³/mol. The van der Waals surface area contributed by atoms with Crippen molar-refractivity contribution >= 4 is 23.3 Å². The van der Waals surface area contributed by atoms with E-state index in [4.69, 9.17) is 0 Å². The summed E-state index contributed by atoms with van der Waals surface area (Å²) in [6.07, 6.45) is -4.37. The van der Waals surface area contributed by atoms with Gasteiger partial charge < -0.3 is 19.5 Å². The Balaban J connectivity index is 3.26. The fourth-order valence-corrected chi connectivity index (χ4v) is 1.54. The van der Waals surface area contributed by atoms with E-state index in [1.807, 2.05) is 0 Å². The van der Waals surface area contributed by atoms with Crippen LogP contribution in [0.3, 0.4) is 0 Å². The standard InChI is InChI=1S/C13H11F3N2O7/c1-23-11(19)6-9(12(20)24-2)17-8-4-3-7(25-13(14,15)16)5-10(8)18(21)22/h3-6,17H,1-2H3/b9-6+. The molecule has 0 fully saturated rings. The van der Waals surface area contributed by atoms with Gasteiger partial charge in [-0.15, -0.1) is 13.2 Å². The molecule has 0 saturated heterocycles. The highest BCUT2D eigenvalue weighted by molar-refractivity contribution is 5.99. The topological polar surface area (TPSA) is 117 Å². The Morgan fingerprint density at radius 1 is 1.24 bits per heavy atom. The van der Waals surface area contributed by atoms with Crippen LogP contribution < -0.4 is 10.1 Å². The smallest absolute Gasteiger partial charge is 0.466 e. The Morgan fingerprint density at radius 3 is 2.36 bits per heavy atom. The largest absolute Gasteiger partial charge is 0.573 e. The van der Waals surface area contributed by atoms with Crippen LogP contribution >= 0.6 is 0 Å². The van der Waals surface area contributed by atoms with E-state index in [1.165, 1.54) is 0 Å². The van der Waals surface area contributed by atoms with Crippen molar-refractivity contribution in [3.8, 4) is 5.75 Å². The van der Waals surface area contributed by atoms with Gasteiger partial charge in [0, 0.05) is 0 Å². The second-order valence-electron chi connectivity index (χ2n) is 4.18. The van der Waals surface area contributed by atoms with Crippen LogP contribution in [0.25, 0.3) is 0 Å². The van der Waals surface area contributed by atoms with Gasteiger partial charge in [0.25, 0.3) is 5.69 Å². The zero-order valence-electron chi connectivity index (χ0n) is 12.7. The second-order valence-corrected chi connectivity index (χ2v) is 4.18. The lowest BCUT2D eigenvalue weighted by Crippen LogP contribution is -2.18. The van der Waals surface area contributed by atoms with Gasteiger partial charge in [-0.25, -0.2) is 9.59 Å². The van der Waals surface area contributed by atoms with E-state index in [0.29, 0.717) is 12.1 Å². The molecule has 0 saturated carbocycles. The van der Waals surface area contributed by atoms with Crippen LogP contribution in [0.2, 0.25) is 0 Å². The Hall–Kier alpha value is -3.31. The van der Waals surface area contributed by atoms with Gasteiger partial charge in [-0.2, -0.15) is 0 Å². The summed E-state index contributed by atoms with van der Waals surface area (Å²) in [6, 6.07) is 2.16. The number of nitro groups is 1. The van der Waals surface area contributed by atoms with Crippen molar-refractivity contribution < 1.29 is 41.9 Å². The molecule has 0 unspecified atom stereocenters. The molecule has 0 aliphatic rings. The maximum atomic E-state index is 12.2. The molecule has 1 aromatic carbocycles. The molecule has 1 N–H and O–H groups in total. The number of hydrogen-bond acceptors (Lipinski definition) is 8.